The Morgan fingerprint density at radius 2 is 0.932 bits per heavy atom. The van der Waals surface area contributed by atoms with Crippen LogP contribution in [0.4, 0.5) is 17.6 Å². The van der Waals surface area contributed by atoms with E-state index in [2.05, 4.69) is 25.9 Å². The lowest BCUT2D eigenvalue weighted by atomic mass is 9.93. The lowest BCUT2D eigenvalue weighted by Gasteiger charge is -2.23. The molecular weight excluding hydrogens is 1330 g/mol. The average molecular weight is 1420 g/mol. The van der Waals surface area contributed by atoms with E-state index in [1.165, 1.54) is 67.1 Å². The summed E-state index contributed by atoms with van der Waals surface area (Å²) >= 11 is 0. The molecule has 4 aromatic carbocycles. The van der Waals surface area contributed by atoms with E-state index in [0.717, 1.165) is 62.2 Å². The lowest BCUT2D eigenvalue weighted by Crippen LogP contribution is -2.29. The molecule has 3 amide bonds. The molecule has 2 aliphatic heterocycles. The maximum atomic E-state index is 14.9. The van der Waals surface area contributed by atoms with Gasteiger partial charge in [0.1, 0.15) is 11.6 Å². The Morgan fingerprint density at radius 3 is 1.38 bits per heavy atom. The largest absolute Gasteiger partial charge is 0.502 e. The van der Waals surface area contributed by atoms with Crippen LogP contribution in [0, 0.1) is 23.5 Å². The fourth-order valence-corrected chi connectivity index (χ4v) is 13.0. The number of carbonyl (C=O) groups is 3. The molecule has 7 heterocycles. The van der Waals surface area contributed by atoms with Crippen molar-refractivity contribution in [1.82, 2.24) is 49.4 Å². The minimum atomic E-state index is -0.963. The number of rotatable bonds is 22. The molecule has 540 valence electrons. The van der Waals surface area contributed by atoms with Gasteiger partial charge in [-0.2, -0.15) is 13.8 Å². The number of phenolic OH excluding ortho intramolecular Hbond substituents is 3. The molecule has 5 aromatic heterocycles. The van der Waals surface area contributed by atoms with Crippen LogP contribution in [0.2, 0.25) is 0 Å². The van der Waals surface area contributed by atoms with Gasteiger partial charge in [-0.3, -0.25) is 19.4 Å². The molecule has 3 unspecified atom stereocenters. The number of phenols is 3. The molecule has 0 radical (unpaired) electrons. The van der Waals surface area contributed by atoms with Crippen molar-refractivity contribution in [1.29, 1.82) is 0 Å². The Morgan fingerprint density at radius 1 is 0.515 bits per heavy atom. The number of amides is 3. The number of allylic oxidation sites excluding steroid dienone is 2. The summed E-state index contributed by atoms with van der Waals surface area (Å²) in [5.41, 5.74) is 11.7. The minimum Gasteiger partial charge on any atom is -0.502 e. The topological polar surface area (TPSA) is 250 Å². The second-order valence-electron chi connectivity index (χ2n) is 24.9. The van der Waals surface area contributed by atoms with Crippen molar-refractivity contribution < 1.29 is 75.7 Å². The maximum absolute atomic E-state index is 14.9. The first-order chi connectivity index (χ1) is 49.4. The fraction of sp³-hybridized carbons (Fsp3) is 0.286. The average Bonchev–Trinajstić information content (AvgIpc) is 1.62. The van der Waals surface area contributed by atoms with Gasteiger partial charge < -0.3 is 83.2 Å². The highest BCUT2D eigenvalue weighted by molar-refractivity contribution is 5.89. The van der Waals surface area contributed by atoms with E-state index in [0.29, 0.717) is 65.6 Å². The van der Waals surface area contributed by atoms with Crippen molar-refractivity contribution in [3.63, 3.8) is 0 Å². The standard InChI is InChI=1S/2C26H28FN3O4.C25H26F2N4O4/c1-29-9-5-6-18(29)15-28-25(31)14-22-20-13-17(27)7-8-19(20)21(30(22)2)10-16-11-23(33-3)26(32)24(12-16)34-4;1-15-19(12-24(31)28-14-18-6-5-7-30(18)2)21-11-17(27)13-29-25(21)20(15)8-16-9-22(33-3)26(32)23(10-16)34-4;1-30-7-5-6-15(30)13-28-22(32)12-18-23-16(11-21(26)29-25(23)27)17(31(18)2)8-14-9-19(34-3)24(33)20(10-14)35-4/h5-13,22,32H,14-15H2,1-4H3,(H,28,31);5-7,9-11,13,19,32H,8,12,14H2,1-4H3,(H,28,31);5-11,18,33H,12-13H2,1-4H3,(H,28,32)/b21-10+;;17-8+. The molecule has 1 aliphatic carbocycles. The van der Waals surface area contributed by atoms with Gasteiger partial charge in [0.15, 0.2) is 34.5 Å². The van der Waals surface area contributed by atoms with Crippen LogP contribution in [-0.4, -0.2) is 123 Å². The predicted octanol–water partition coefficient (Wildman–Crippen LogP) is 11.8. The normalized spacial score (nSPS) is 15.6. The van der Waals surface area contributed by atoms with Crippen LogP contribution in [-0.2, 0) is 61.6 Å². The van der Waals surface area contributed by atoms with E-state index in [1.54, 1.807) is 60.5 Å². The van der Waals surface area contributed by atoms with Gasteiger partial charge in [0.05, 0.1) is 99.1 Å². The van der Waals surface area contributed by atoms with E-state index < -0.39 is 23.8 Å². The number of halogens is 4. The van der Waals surface area contributed by atoms with E-state index >= 15 is 0 Å². The number of aromatic hydroxyl groups is 3. The number of hydrogen-bond donors (Lipinski definition) is 6. The number of aromatic nitrogens is 5. The summed E-state index contributed by atoms with van der Waals surface area (Å²) in [5.74, 6) is -2.30. The van der Waals surface area contributed by atoms with Gasteiger partial charge in [0.25, 0.3) is 0 Å². The number of nitrogens with one attached hydrogen (secondary N) is 3. The zero-order chi connectivity index (χ0) is 74.1. The molecule has 12 rings (SSSR count). The Bertz CT molecular complexity index is 4680. The molecule has 9 aromatic rings. The SMILES string of the molecule is COc1cc(/C=C2\c3cc(F)nc(F)c3C(CC(=O)NCc3cccn3C)N2C)cc(OC)c1O.COc1cc(/C=C2\c3ccc(F)cc3C(CC(=O)NCc3cccn3C)N2C)cc(OC)c1O.COc1cc(CC2=C(C)C(CC(=O)NCc3cccn3C)c3cc(F)cnc32)cc(OC)c1O. The van der Waals surface area contributed by atoms with Gasteiger partial charge in [0.2, 0.25) is 46.9 Å². The third-order valence-electron chi connectivity index (χ3n) is 18.7. The number of carbonyl (C=O) groups excluding carboxylic acids is 3. The highest BCUT2D eigenvalue weighted by Crippen LogP contribution is 2.49. The molecule has 0 saturated carbocycles. The van der Waals surface area contributed by atoms with E-state index in [1.807, 2.05) is 115 Å². The molecule has 0 saturated heterocycles. The Kier molecular flexibility index (Phi) is 23.1. The van der Waals surface area contributed by atoms with E-state index in [9.17, 15) is 47.3 Å². The smallest absolute Gasteiger partial charge is 0.222 e. The number of methoxy groups -OCH3 is 6. The molecule has 0 spiro atoms. The molecule has 0 fully saturated rings. The number of pyridine rings is 2. The second-order valence-corrected chi connectivity index (χ2v) is 24.9. The predicted molar refractivity (Wildman–Crippen MR) is 380 cm³/mol. The van der Waals surface area contributed by atoms with Crippen molar-refractivity contribution in [2.75, 3.05) is 56.8 Å². The lowest BCUT2D eigenvalue weighted by molar-refractivity contribution is -0.123. The van der Waals surface area contributed by atoms with Crippen molar-refractivity contribution in [2.45, 2.75) is 70.2 Å². The quantitative estimate of drug-likeness (QED) is 0.0273. The number of fused-ring (bicyclic) bond motifs is 3. The van der Waals surface area contributed by atoms with E-state index in [-0.39, 0.29) is 101 Å². The number of hydrogen-bond acceptors (Lipinski definition) is 16. The van der Waals surface area contributed by atoms with Crippen molar-refractivity contribution in [2.24, 2.45) is 21.1 Å². The molecule has 103 heavy (non-hydrogen) atoms. The summed E-state index contributed by atoms with van der Waals surface area (Å²) in [4.78, 5) is 49.8. The summed E-state index contributed by atoms with van der Waals surface area (Å²) < 4.78 is 94.6. The van der Waals surface area contributed by atoms with Crippen molar-refractivity contribution in [3.8, 4) is 51.7 Å². The van der Waals surface area contributed by atoms with Crippen LogP contribution in [0.1, 0.15) is 111 Å². The maximum Gasteiger partial charge on any atom is 0.222 e. The van der Waals surface area contributed by atoms with Crippen molar-refractivity contribution >= 4 is 46.8 Å². The van der Waals surface area contributed by atoms with Gasteiger partial charge in [-0.25, -0.2) is 8.78 Å². The summed E-state index contributed by atoms with van der Waals surface area (Å²) in [6.45, 7) is 3.13. The summed E-state index contributed by atoms with van der Waals surface area (Å²) in [6.07, 6.45) is 11.3. The number of aryl methyl sites for hydroxylation is 3. The number of ether oxygens (including phenoxy) is 6. The van der Waals surface area contributed by atoms with Crippen LogP contribution < -0.4 is 44.4 Å². The Labute approximate surface area is 593 Å². The van der Waals surface area contributed by atoms with Gasteiger partial charge in [-0.15, -0.1) is 0 Å². The van der Waals surface area contributed by atoms with Crippen LogP contribution in [0.3, 0.4) is 0 Å². The highest BCUT2D eigenvalue weighted by Gasteiger charge is 2.38. The number of benzene rings is 4. The Hall–Kier alpha value is -11.8. The highest BCUT2D eigenvalue weighted by atomic mass is 19.1. The molecule has 3 atom stereocenters. The van der Waals surface area contributed by atoms with Crippen LogP contribution in [0.15, 0.2) is 133 Å². The fourth-order valence-electron chi connectivity index (χ4n) is 13.0. The van der Waals surface area contributed by atoms with Gasteiger partial charge in [-0.1, -0.05) is 5.57 Å². The molecule has 6 N–H and O–H groups in total. The van der Waals surface area contributed by atoms with Crippen LogP contribution in [0.25, 0.3) is 29.1 Å². The van der Waals surface area contributed by atoms with Gasteiger partial charge in [0, 0.05) is 117 Å². The zero-order valence-electron chi connectivity index (χ0n) is 59.1. The Balaban J connectivity index is 0.000000166. The molecule has 26 heteroatoms. The molecule has 0 bridgehead atoms. The van der Waals surface area contributed by atoms with Crippen LogP contribution in [0.5, 0.6) is 51.7 Å². The zero-order valence-corrected chi connectivity index (χ0v) is 59.1. The first-order valence-corrected chi connectivity index (χ1v) is 32.7. The minimum absolute atomic E-state index is 0.0578. The molecule has 22 nitrogen and oxygen atoms in total. The first kappa shape index (κ1) is 73.9. The summed E-state index contributed by atoms with van der Waals surface area (Å²) in [6, 6.07) is 27.8. The first-order valence-electron chi connectivity index (χ1n) is 32.7. The summed E-state index contributed by atoms with van der Waals surface area (Å²) in [5, 5.41) is 39.4. The second kappa shape index (κ2) is 32.2. The molecule has 3 aliphatic rings. The number of nitrogens with zero attached hydrogens (tertiary/aromatic N) is 7. The monoisotopic (exact) mass is 1410 g/mol. The third kappa shape index (κ3) is 16.3. The van der Waals surface area contributed by atoms with Gasteiger partial charge >= 0.3 is 0 Å². The molecular formula is C77H82F4N10O12. The van der Waals surface area contributed by atoms with E-state index in [4.69, 9.17) is 28.4 Å². The summed E-state index contributed by atoms with van der Waals surface area (Å²) in [7, 11) is 18.0. The van der Waals surface area contributed by atoms with Gasteiger partial charge in [-0.05, 0) is 156 Å². The third-order valence-corrected chi connectivity index (χ3v) is 18.7. The van der Waals surface area contributed by atoms with Crippen molar-refractivity contribution in [3.05, 3.63) is 224 Å². The van der Waals surface area contributed by atoms with Crippen LogP contribution >= 0.6 is 0 Å².